The van der Waals surface area contributed by atoms with Gasteiger partial charge in [0.25, 0.3) is 0 Å². The summed E-state index contributed by atoms with van der Waals surface area (Å²) in [5, 5.41) is 48.8. The van der Waals surface area contributed by atoms with Crippen molar-refractivity contribution in [3.63, 3.8) is 0 Å². The number of benzene rings is 1. The molecule has 5 unspecified atom stereocenters. The van der Waals surface area contributed by atoms with Crippen LogP contribution in [-0.4, -0.2) is 68.0 Å². The fraction of sp³-hybridized carbons (Fsp3) is 0.500. The van der Waals surface area contributed by atoms with Crippen molar-refractivity contribution in [2.24, 2.45) is 0 Å². The SMILES string of the molecule is OC1OC(CNc2cccc3nonc23)C(O)C(O)C1O. The van der Waals surface area contributed by atoms with Crippen LogP contribution in [0.1, 0.15) is 0 Å². The third-order valence-electron chi connectivity index (χ3n) is 3.47. The third kappa shape index (κ3) is 2.57. The standard InChI is InChI=1S/C12H15N3O6/c16-9-7(20-12(19)11(18)10(9)17)4-13-5-2-1-3-6-8(5)15-21-14-6/h1-3,7,9-13,16-19H,4H2. The number of nitrogens with one attached hydrogen (secondary N) is 1. The minimum Gasteiger partial charge on any atom is -0.388 e. The molecule has 114 valence electrons. The van der Waals surface area contributed by atoms with E-state index in [1.165, 1.54) is 0 Å². The Labute approximate surface area is 118 Å². The van der Waals surface area contributed by atoms with E-state index in [1.807, 2.05) is 0 Å². The zero-order chi connectivity index (χ0) is 15.0. The van der Waals surface area contributed by atoms with Gasteiger partial charge in [0.05, 0.1) is 5.69 Å². The molecule has 1 aromatic carbocycles. The first-order valence-corrected chi connectivity index (χ1v) is 6.41. The van der Waals surface area contributed by atoms with Crippen molar-refractivity contribution in [1.82, 2.24) is 10.3 Å². The Bertz CT molecular complexity index is 620. The quantitative estimate of drug-likeness (QED) is 0.454. The van der Waals surface area contributed by atoms with Gasteiger partial charge in [0.1, 0.15) is 29.9 Å². The third-order valence-corrected chi connectivity index (χ3v) is 3.47. The number of aliphatic hydroxyl groups excluding tert-OH is 4. The highest BCUT2D eigenvalue weighted by molar-refractivity contribution is 5.86. The molecule has 21 heavy (non-hydrogen) atoms. The van der Waals surface area contributed by atoms with Crippen LogP contribution in [0.3, 0.4) is 0 Å². The molecule has 0 radical (unpaired) electrons. The molecule has 1 aliphatic heterocycles. The summed E-state index contributed by atoms with van der Waals surface area (Å²) in [5.41, 5.74) is 1.70. The van der Waals surface area contributed by atoms with Gasteiger partial charge in [-0.05, 0) is 22.4 Å². The van der Waals surface area contributed by atoms with E-state index in [1.54, 1.807) is 18.2 Å². The lowest BCUT2D eigenvalue weighted by molar-refractivity contribution is -0.278. The summed E-state index contributed by atoms with van der Waals surface area (Å²) >= 11 is 0. The molecule has 9 nitrogen and oxygen atoms in total. The fourth-order valence-electron chi connectivity index (χ4n) is 2.26. The second-order valence-electron chi connectivity index (χ2n) is 4.86. The normalized spacial score (nSPS) is 33.2. The van der Waals surface area contributed by atoms with Gasteiger partial charge in [0.15, 0.2) is 11.8 Å². The number of ether oxygens (including phenoxy) is 1. The zero-order valence-corrected chi connectivity index (χ0v) is 10.8. The number of hydrogen-bond donors (Lipinski definition) is 5. The van der Waals surface area contributed by atoms with Crippen molar-refractivity contribution in [2.45, 2.75) is 30.7 Å². The highest BCUT2D eigenvalue weighted by Gasteiger charge is 2.42. The first kappa shape index (κ1) is 14.2. The van der Waals surface area contributed by atoms with Crippen molar-refractivity contribution < 1.29 is 29.8 Å². The molecule has 2 aromatic rings. The maximum absolute atomic E-state index is 9.84. The van der Waals surface area contributed by atoms with Gasteiger partial charge < -0.3 is 30.5 Å². The van der Waals surface area contributed by atoms with Crippen LogP contribution in [0.25, 0.3) is 11.0 Å². The minimum absolute atomic E-state index is 0.0913. The molecular weight excluding hydrogens is 282 g/mol. The van der Waals surface area contributed by atoms with E-state index in [4.69, 9.17) is 4.74 Å². The summed E-state index contributed by atoms with van der Waals surface area (Å²) in [5.74, 6) is 0. The largest absolute Gasteiger partial charge is 0.388 e. The van der Waals surface area contributed by atoms with E-state index in [0.29, 0.717) is 16.7 Å². The molecule has 1 saturated heterocycles. The van der Waals surface area contributed by atoms with E-state index in [0.717, 1.165) is 0 Å². The molecule has 3 rings (SSSR count). The van der Waals surface area contributed by atoms with Gasteiger partial charge in [-0.25, -0.2) is 4.63 Å². The predicted molar refractivity (Wildman–Crippen MR) is 69.2 cm³/mol. The van der Waals surface area contributed by atoms with Gasteiger partial charge in [-0.3, -0.25) is 0 Å². The highest BCUT2D eigenvalue weighted by atomic mass is 16.6. The van der Waals surface area contributed by atoms with Crippen LogP contribution in [0.15, 0.2) is 22.8 Å². The second kappa shape index (κ2) is 5.54. The van der Waals surface area contributed by atoms with E-state index < -0.39 is 30.7 Å². The van der Waals surface area contributed by atoms with Gasteiger partial charge in [0.2, 0.25) is 0 Å². The second-order valence-corrected chi connectivity index (χ2v) is 4.86. The van der Waals surface area contributed by atoms with Gasteiger partial charge in [-0.15, -0.1) is 0 Å². The summed E-state index contributed by atoms with van der Waals surface area (Å²) < 4.78 is 9.70. The van der Waals surface area contributed by atoms with Crippen LogP contribution in [0.5, 0.6) is 0 Å². The topological polar surface area (TPSA) is 141 Å². The number of aliphatic hydroxyl groups is 4. The van der Waals surface area contributed by atoms with Crippen molar-refractivity contribution in [3.05, 3.63) is 18.2 Å². The van der Waals surface area contributed by atoms with E-state index in [-0.39, 0.29) is 6.54 Å². The number of aromatic nitrogens is 2. The molecule has 5 N–H and O–H groups in total. The molecule has 0 amide bonds. The van der Waals surface area contributed by atoms with Crippen LogP contribution >= 0.6 is 0 Å². The molecule has 1 aliphatic rings. The van der Waals surface area contributed by atoms with Crippen LogP contribution in [0.4, 0.5) is 5.69 Å². The molecule has 0 saturated carbocycles. The van der Waals surface area contributed by atoms with Crippen LogP contribution in [0, 0.1) is 0 Å². The molecule has 1 aromatic heterocycles. The average Bonchev–Trinajstić information content (AvgIpc) is 2.96. The van der Waals surface area contributed by atoms with Gasteiger partial charge in [-0.1, -0.05) is 6.07 Å². The number of hydrogen-bond acceptors (Lipinski definition) is 9. The number of anilines is 1. The molecule has 1 fully saturated rings. The summed E-state index contributed by atoms with van der Waals surface area (Å²) in [6.45, 7) is 0.0913. The average molecular weight is 297 g/mol. The monoisotopic (exact) mass is 297 g/mol. The summed E-state index contributed by atoms with van der Waals surface area (Å²) in [4.78, 5) is 0. The van der Waals surface area contributed by atoms with E-state index in [2.05, 4.69) is 20.3 Å². The Morgan fingerprint density at radius 3 is 2.67 bits per heavy atom. The zero-order valence-electron chi connectivity index (χ0n) is 10.8. The lowest BCUT2D eigenvalue weighted by Gasteiger charge is -2.38. The minimum atomic E-state index is -1.56. The summed E-state index contributed by atoms with van der Waals surface area (Å²) in [6, 6.07) is 5.22. The smallest absolute Gasteiger partial charge is 0.184 e. The maximum Gasteiger partial charge on any atom is 0.184 e. The molecular formula is C12H15N3O6. The Kier molecular flexibility index (Phi) is 3.74. The molecule has 2 heterocycles. The number of nitrogens with zero attached hydrogens (tertiary/aromatic N) is 2. The van der Waals surface area contributed by atoms with Crippen LogP contribution in [-0.2, 0) is 4.74 Å². The van der Waals surface area contributed by atoms with Crippen molar-refractivity contribution >= 4 is 16.7 Å². The number of rotatable bonds is 3. The predicted octanol–water partition coefficient (Wildman–Crippen LogP) is -1.57. The lowest BCUT2D eigenvalue weighted by atomic mass is 9.99. The van der Waals surface area contributed by atoms with Crippen LogP contribution in [0.2, 0.25) is 0 Å². The lowest BCUT2D eigenvalue weighted by Crippen LogP contribution is -2.59. The molecule has 5 atom stereocenters. The van der Waals surface area contributed by atoms with Gasteiger partial charge in [-0.2, -0.15) is 0 Å². The molecule has 0 spiro atoms. The van der Waals surface area contributed by atoms with Crippen molar-refractivity contribution in [2.75, 3.05) is 11.9 Å². The van der Waals surface area contributed by atoms with Crippen molar-refractivity contribution in [1.29, 1.82) is 0 Å². The van der Waals surface area contributed by atoms with Crippen LogP contribution < -0.4 is 5.32 Å². The fourth-order valence-corrected chi connectivity index (χ4v) is 2.26. The Morgan fingerprint density at radius 2 is 1.86 bits per heavy atom. The highest BCUT2D eigenvalue weighted by Crippen LogP contribution is 2.23. The Morgan fingerprint density at radius 1 is 1.05 bits per heavy atom. The van der Waals surface area contributed by atoms with E-state index in [9.17, 15) is 20.4 Å². The Hall–Kier alpha value is -1.78. The van der Waals surface area contributed by atoms with Crippen molar-refractivity contribution in [3.8, 4) is 0 Å². The van der Waals surface area contributed by atoms with Gasteiger partial charge in [0, 0.05) is 6.54 Å². The first-order chi connectivity index (χ1) is 10.1. The first-order valence-electron chi connectivity index (χ1n) is 6.41. The van der Waals surface area contributed by atoms with Gasteiger partial charge >= 0.3 is 0 Å². The van der Waals surface area contributed by atoms with E-state index >= 15 is 0 Å². The number of fused-ring (bicyclic) bond motifs is 1. The molecule has 0 bridgehead atoms. The molecule has 9 heteroatoms. The maximum atomic E-state index is 9.84. The summed E-state index contributed by atoms with van der Waals surface area (Å²) in [7, 11) is 0. The molecule has 0 aliphatic carbocycles. The summed E-state index contributed by atoms with van der Waals surface area (Å²) in [6.07, 6.45) is -6.80. The Balaban J connectivity index is 1.71.